The number of amides is 1. The number of carbonyl (C=O) groups is 1. The molecule has 3 aromatic carbocycles. The van der Waals surface area contributed by atoms with Crippen LogP contribution in [0.25, 0.3) is 0 Å². The summed E-state index contributed by atoms with van der Waals surface area (Å²) in [6.07, 6.45) is 0. The molecule has 0 aromatic heterocycles. The standard InChI is InChI=1S/C24H24ClNO2/c1-17-9-12-20(25)15-22(17)26-23(27)16-28-21-13-10-19(11-14-21)24(2,3)18-7-5-4-6-8-18/h4-15H,16H2,1-3H3,(H,26,27). The molecule has 0 atom stereocenters. The molecule has 0 aliphatic rings. The van der Waals surface area contributed by atoms with Gasteiger partial charge in [0.15, 0.2) is 6.61 Å². The Morgan fingerprint density at radius 2 is 1.61 bits per heavy atom. The summed E-state index contributed by atoms with van der Waals surface area (Å²) in [7, 11) is 0. The van der Waals surface area contributed by atoms with Crippen molar-refractivity contribution in [2.45, 2.75) is 26.2 Å². The summed E-state index contributed by atoms with van der Waals surface area (Å²) in [5, 5.41) is 3.41. The van der Waals surface area contributed by atoms with E-state index in [1.165, 1.54) is 11.1 Å². The number of nitrogens with one attached hydrogen (secondary N) is 1. The molecule has 0 saturated heterocycles. The van der Waals surface area contributed by atoms with E-state index in [1.807, 2.05) is 43.3 Å². The number of anilines is 1. The largest absolute Gasteiger partial charge is 0.484 e. The highest BCUT2D eigenvalue weighted by Crippen LogP contribution is 2.32. The Hall–Kier alpha value is -2.78. The lowest BCUT2D eigenvalue weighted by atomic mass is 9.78. The molecule has 0 saturated carbocycles. The zero-order valence-corrected chi connectivity index (χ0v) is 17.1. The molecular formula is C24H24ClNO2. The van der Waals surface area contributed by atoms with Gasteiger partial charge >= 0.3 is 0 Å². The van der Waals surface area contributed by atoms with Crippen molar-refractivity contribution in [1.29, 1.82) is 0 Å². The van der Waals surface area contributed by atoms with Gasteiger partial charge in [-0.05, 0) is 47.9 Å². The second-order valence-electron chi connectivity index (χ2n) is 7.31. The van der Waals surface area contributed by atoms with Gasteiger partial charge in [-0.25, -0.2) is 0 Å². The molecule has 0 fully saturated rings. The van der Waals surface area contributed by atoms with E-state index in [1.54, 1.807) is 12.1 Å². The fourth-order valence-corrected chi connectivity index (χ4v) is 3.23. The maximum atomic E-state index is 12.2. The Labute approximate surface area is 171 Å². The maximum absolute atomic E-state index is 12.2. The highest BCUT2D eigenvalue weighted by molar-refractivity contribution is 6.31. The van der Waals surface area contributed by atoms with E-state index >= 15 is 0 Å². The summed E-state index contributed by atoms with van der Waals surface area (Å²) in [5.41, 5.74) is 3.97. The molecule has 0 bridgehead atoms. The van der Waals surface area contributed by atoms with Crippen LogP contribution in [0.15, 0.2) is 72.8 Å². The first-order valence-corrected chi connectivity index (χ1v) is 9.59. The zero-order chi connectivity index (χ0) is 20.1. The van der Waals surface area contributed by atoms with E-state index < -0.39 is 0 Å². The van der Waals surface area contributed by atoms with Gasteiger partial charge < -0.3 is 10.1 Å². The average Bonchev–Trinajstić information content (AvgIpc) is 2.70. The van der Waals surface area contributed by atoms with Gasteiger partial charge in [-0.1, -0.05) is 74.0 Å². The lowest BCUT2D eigenvalue weighted by Gasteiger charge is -2.26. The van der Waals surface area contributed by atoms with Gasteiger partial charge in [-0.3, -0.25) is 4.79 Å². The molecule has 0 unspecified atom stereocenters. The van der Waals surface area contributed by atoms with Crippen molar-refractivity contribution in [2.24, 2.45) is 0 Å². The molecule has 0 spiro atoms. The number of halogens is 1. The van der Waals surface area contributed by atoms with Crippen molar-refractivity contribution >= 4 is 23.2 Å². The number of hydrogen-bond acceptors (Lipinski definition) is 2. The summed E-state index contributed by atoms with van der Waals surface area (Å²) < 4.78 is 5.64. The van der Waals surface area contributed by atoms with E-state index in [0.29, 0.717) is 16.5 Å². The molecule has 0 aliphatic carbocycles. The van der Waals surface area contributed by atoms with Crippen molar-refractivity contribution < 1.29 is 9.53 Å². The van der Waals surface area contributed by atoms with Gasteiger partial charge in [-0.2, -0.15) is 0 Å². The van der Waals surface area contributed by atoms with Crippen molar-refractivity contribution in [3.05, 3.63) is 94.5 Å². The van der Waals surface area contributed by atoms with Gasteiger partial charge in [0, 0.05) is 16.1 Å². The number of rotatable bonds is 6. The van der Waals surface area contributed by atoms with Gasteiger partial charge in [0.2, 0.25) is 0 Å². The van der Waals surface area contributed by atoms with Crippen LogP contribution in [0.2, 0.25) is 5.02 Å². The number of hydrogen-bond donors (Lipinski definition) is 1. The molecule has 144 valence electrons. The highest BCUT2D eigenvalue weighted by atomic mass is 35.5. The average molecular weight is 394 g/mol. The SMILES string of the molecule is Cc1ccc(Cl)cc1NC(=O)COc1ccc(C(C)(C)c2ccccc2)cc1. The van der Waals surface area contributed by atoms with E-state index in [-0.39, 0.29) is 17.9 Å². The van der Waals surface area contributed by atoms with Crippen molar-refractivity contribution in [3.63, 3.8) is 0 Å². The minimum atomic E-state index is -0.223. The molecule has 28 heavy (non-hydrogen) atoms. The number of carbonyl (C=O) groups excluding carboxylic acids is 1. The lowest BCUT2D eigenvalue weighted by molar-refractivity contribution is -0.118. The number of aryl methyl sites for hydroxylation is 1. The maximum Gasteiger partial charge on any atom is 0.262 e. The van der Waals surface area contributed by atoms with Crippen molar-refractivity contribution in [1.82, 2.24) is 0 Å². The van der Waals surface area contributed by atoms with Gasteiger partial charge in [0.25, 0.3) is 5.91 Å². The summed E-state index contributed by atoms with van der Waals surface area (Å²) in [6.45, 7) is 6.24. The van der Waals surface area contributed by atoms with Crippen LogP contribution in [0.1, 0.15) is 30.5 Å². The van der Waals surface area contributed by atoms with Crippen LogP contribution in [-0.4, -0.2) is 12.5 Å². The molecule has 3 rings (SSSR count). The minimum absolute atomic E-state index is 0.0621. The van der Waals surface area contributed by atoms with Crippen LogP contribution < -0.4 is 10.1 Å². The number of benzene rings is 3. The summed E-state index contributed by atoms with van der Waals surface area (Å²) in [4.78, 5) is 12.2. The lowest BCUT2D eigenvalue weighted by Crippen LogP contribution is -2.21. The Kier molecular flexibility index (Phi) is 6.05. The molecule has 0 heterocycles. The van der Waals surface area contributed by atoms with E-state index in [9.17, 15) is 4.79 Å². The predicted molar refractivity (Wildman–Crippen MR) is 115 cm³/mol. The van der Waals surface area contributed by atoms with Crippen molar-refractivity contribution in [2.75, 3.05) is 11.9 Å². The van der Waals surface area contributed by atoms with Crippen LogP contribution in [0, 0.1) is 6.92 Å². The van der Waals surface area contributed by atoms with Crippen LogP contribution in [0.4, 0.5) is 5.69 Å². The molecule has 0 aliphatic heterocycles. The predicted octanol–water partition coefficient (Wildman–Crippen LogP) is 5.99. The second kappa shape index (κ2) is 8.49. The third-order valence-corrected chi connectivity index (χ3v) is 5.15. The van der Waals surface area contributed by atoms with E-state index in [2.05, 4.69) is 43.4 Å². The summed E-state index contributed by atoms with van der Waals surface area (Å²) in [5.74, 6) is 0.435. The van der Waals surface area contributed by atoms with Gasteiger partial charge in [0.1, 0.15) is 5.75 Å². The van der Waals surface area contributed by atoms with Gasteiger partial charge in [0.05, 0.1) is 0 Å². The Morgan fingerprint density at radius 3 is 2.29 bits per heavy atom. The second-order valence-corrected chi connectivity index (χ2v) is 7.75. The Morgan fingerprint density at radius 1 is 0.964 bits per heavy atom. The summed E-state index contributed by atoms with van der Waals surface area (Å²) >= 11 is 5.99. The van der Waals surface area contributed by atoms with Crippen LogP contribution >= 0.6 is 11.6 Å². The fourth-order valence-electron chi connectivity index (χ4n) is 3.05. The number of ether oxygens (including phenoxy) is 1. The first-order valence-electron chi connectivity index (χ1n) is 9.21. The highest BCUT2D eigenvalue weighted by Gasteiger charge is 2.22. The third-order valence-electron chi connectivity index (χ3n) is 4.92. The molecule has 1 N–H and O–H groups in total. The fraction of sp³-hybridized carbons (Fsp3) is 0.208. The molecular weight excluding hydrogens is 370 g/mol. The van der Waals surface area contributed by atoms with E-state index in [0.717, 1.165) is 5.56 Å². The van der Waals surface area contributed by atoms with Crippen LogP contribution in [0.3, 0.4) is 0 Å². The molecule has 4 heteroatoms. The monoisotopic (exact) mass is 393 g/mol. The smallest absolute Gasteiger partial charge is 0.262 e. The Balaban J connectivity index is 1.61. The van der Waals surface area contributed by atoms with Crippen LogP contribution in [0.5, 0.6) is 5.75 Å². The van der Waals surface area contributed by atoms with Crippen molar-refractivity contribution in [3.8, 4) is 5.75 Å². The van der Waals surface area contributed by atoms with E-state index in [4.69, 9.17) is 16.3 Å². The topological polar surface area (TPSA) is 38.3 Å². The van der Waals surface area contributed by atoms with Gasteiger partial charge in [-0.15, -0.1) is 0 Å². The minimum Gasteiger partial charge on any atom is -0.484 e. The quantitative estimate of drug-likeness (QED) is 0.558. The first-order chi connectivity index (χ1) is 13.4. The third kappa shape index (κ3) is 4.73. The molecule has 3 aromatic rings. The zero-order valence-electron chi connectivity index (χ0n) is 16.3. The molecule has 0 radical (unpaired) electrons. The molecule has 3 nitrogen and oxygen atoms in total. The molecule has 1 amide bonds. The van der Waals surface area contributed by atoms with Crippen LogP contribution in [-0.2, 0) is 10.2 Å². The Bertz CT molecular complexity index is 950. The normalized spacial score (nSPS) is 11.1. The summed E-state index contributed by atoms with van der Waals surface area (Å²) in [6, 6.07) is 23.7. The first kappa shape index (κ1) is 20.0.